The highest BCUT2D eigenvalue weighted by atomic mass is 19.1. The number of fused-ring (bicyclic) bond motifs is 1. The minimum absolute atomic E-state index is 0.155. The predicted octanol–water partition coefficient (Wildman–Crippen LogP) is 3.57. The van der Waals surface area contributed by atoms with Gasteiger partial charge in [0.15, 0.2) is 0 Å². The van der Waals surface area contributed by atoms with Gasteiger partial charge in [0.1, 0.15) is 17.2 Å². The van der Waals surface area contributed by atoms with Crippen LogP contribution >= 0.6 is 0 Å². The van der Waals surface area contributed by atoms with Crippen molar-refractivity contribution in [3.8, 4) is 5.75 Å². The van der Waals surface area contributed by atoms with Gasteiger partial charge < -0.3 is 4.74 Å². The van der Waals surface area contributed by atoms with Crippen LogP contribution in [0.15, 0.2) is 18.2 Å². The number of rotatable bonds is 0. The Kier molecular flexibility index (Phi) is 3.14. The third-order valence-electron chi connectivity index (χ3n) is 2.06. The van der Waals surface area contributed by atoms with Gasteiger partial charge in [0, 0.05) is 12.0 Å². The minimum Gasteiger partial charge on any atom is -0.487 e. The van der Waals surface area contributed by atoms with Gasteiger partial charge in [-0.2, -0.15) is 0 Å². The second kappa shape index (κ2) is 3.99. The third-order valence-corrected chi connectivity index (χ3v) is 2.06. The van der Waals surface area contributed by atoms with Gasteiger partial charge in [-0.1, -0.05) is 19.9 Å². The fourth-order valence-corrected chi connectivity index (χ4v) is 1.57. The smallest absolute Gasteiger partial charge is 0.130 e. The fourth-order valence-electron chi connectivity index (χ4n) is 1.57. The van der Waals surface area contributed by atoms with Crippen molar-refractivity contribution in [2.75, 3.05) is 0 Å². The lowest BCUT2D eigenvalue weighted by molar-refractivity contribution is 0.138. The zero-order valence-corrected chi connectivity index (χ0v) is 9.23. The first kappa shape index (κ1) is 11.0. The Labute approximate surface area is 84.9 Å². The molecule has 2 heteroatoms. The van der Waals surface area contributed by atoms with E-state index in [1.165, 1.54) is 6.07 Å². The quantitative estimate of drug-likeness (QED) is 0.616. The Morgan fingerprint density at radius 3 is 2.50 bits per heavy atom. The van der Waals surface area contributed by atoms with Gasteiger partial charge in [0.25, 0.3) is 0 Å². The number of hydrogen-bond acceptors (Lipinski definition) is 1. The van der Waals surface area contributed by atoms with Crippen LogP contribution in [0.5, 0.6) is 5.75 Å². The molecule has 1 aliphatic rings. The maximum atomic E-state index is 13.2. The Morgan fingerprint density at radius 1 is 1.29 bits per heavy atom. The van der Waals surface area contributed by atoms with Crippen LogP contribution in [0.4, 0.5) is 4.39 Å². The van der Waals surface area contributed by atoms with E-state index in [0.29, 0.717) is 17.7 Å². The molecule has 0 radical (unpaired) electrons. The maximum absolute atomic E-state index is 13.2. The molecule has 0 bridgehead atoms. The molecule has 1 aliphatic heterocycles. The zero-order chi connectivity index (χ0) is 10.8. The highest BCUT2D eigenvalue weighted by Crippen LogP contribution is 2.35. The normalized spacial score (nSPS) is 16.4. The molecule has 1 aromatic carbocycles. The van der Waals surface area contributed by atoms with E-state index < -0.39 is 0 Å². The SMILES string of the molecule is CC.CC1(C)Cc2c(F)cccc2O1. The first-order chi connectivity index (χ1) is 6.58. The van der Waals surface area contributed by atoms with Crippen LogP contribution in [-0.2, 0) is 6.42 Å². The van der Waals surface area contributed by atoms with Crippen molar-refractivity contribution >= 4 is 0 Å². The van der Waals surface area contributed by atoms with E-state index in [1.54, 1.807) is 6.07 Å². The molecule has 0 N–H and O–H groups in total. The molecule has 1 aromatic rings. The number of ether oxygens (including phenoxy) is 1. The van der Waals surface area contributed by atoms with E-state index in [-0.39, 0.29) is 11.4 Å². The lowest BCUT2D eigenvalue weighted by Crippen LogP contribution is -2.24. The molecule has 1 heterocycles. The number of benzene rings is 1. The first-order valence-corrected chi connectivity index (χ1v) is 5.05. The average molecular weight is 196 g/mol. The number of halogens is 1. The summed E-state index contributed by atoms with van der Waals surface area (Å²) in [6.07, 6.45) is 0.662. The largest absolute Gasteiger partial charge is 0.487 e. The Hall–Kier alpha value is -1.05. The van der Waals surface area contributed by atoms with Crippen molar-refractivity contribution in [1.29, 1.82) is 0 Å². The summed E-state index contributed by atoms with van der Waals surface area (Å²) >= 11 is 0. The van der Waals surface area contributed by atoms with Crippen molar-refractivity contribution in [3.63, 3.8) is 0 Å². The van der Waals surface area contributed by atoms with Gasteiger partial charge in [0.05, 0.1) is 0 Å². The topological polar surface area (TPSA) is 9.23 Å². The lowest BCUT2D eigenvalue weighted by atomic mass is 10.0. The highest BCUT2D eigenvalue weighted by Gasteiger charge is 2.31. The molecule has 0 saturated heterocycles. The van der Waals surface area contributed by atoms with Crippen LogP contribution in [0.1, 0.15) is 33.3 Å². The summed E-state index contributed by atoms with van der Waals surface area (Å²) in [4.78, 5) is 0. The van der Waals surface area contributed by atoms with E-state index in [0.717, 1.165) is 0 Å². The Balaban J connectivity index is 0.000000461. The second-order valence-electron chi connectivity index (χ2n) is 3.76. The monoisotopic (exact) mass is 196 g/mol. The maximum Gasteiger partial charge on any atom is 0.130 e. The highest BCUT2D eigenvalue weighted by molar-refractivity contribution is 5.39. The van der Waals surface area contributed by atoms with Crippen molar-refractivity contribution in [3.05, 3.63) is 29.6 Å². The molecule has 1 nitrogen and oxygen atoms in total. The Morgan fingerprint density at radius 2 is 1.93 bits per heavy atom. The fraction of sp³-hybridized carbons (Fsp3) is 0.500. The van der Waals surface area contributed by atoms with Crippen LogP contribution in [0.3, 0.4) is 0 Å². The van der Waals surface area contributed by atoms with Crippen molar-refractivity contribution in [2.45, 2.75) is 39.7 Å². The molecular weight excluding hydrogens is 179 g/mol. The molecule has 0 atom stereocenters. The van der Waals surface area contributed by atoms with E-state index >= 15 is 0 Å². The van der Waals surface area contributed by atoms with Gasteiger partial charge >= 0.3 is 0 Å². The molecule has 0 aromatic heterocycles. The van der Waals surface area contributed by atoms with Crippen LogP contribution < -0.4 is 4.74 Å². The average Bonchev–Trinajstić information content (AvgIpc) is 2.45. The van der Waals surface area contributed by atoms with Crippen molar-refractivity contribution in [1.82, 2.24) is 0 Å². The summed E-state index contributed by atoms with van der Waals surface area (Å²) in [5.74, 6) is 0.540. The van der Waals surface area contributed by atoms with E-state index in [1.807, 2.05) is 33.8 Å². The molecule has 78 valence electrons. The van der Waals surface area contributed by atoms with Crippen LogP contribution in [0.25, 0.3) is 0 Å². The summed E-state index contributed by atoms with van der Waals surface area (Å²) < 4.78 is 18.7. The van der Waals surface area contributed by atoms with Gasteiger partial charge in [-0.25, -0.2) is 4.39 Å². The van der Waals surface area contributed by atoms with Crippen molar-refractivity contribution in [2.24, 2.45) is 0 Å². The van der Waals surface area contributed by atoms with Crippen LogP contribution in [0, 0.1) is 5.82 Å². The molecular formula is C12H17FO. The minimum atomic E-state index is -0.246. The second-order valence-corrected chi connectivity index (χ2v) is 3.76. The molecule has 0 aliphatic carbocycles. The zero-order valence-electron chi connectivity index (χ0n) is 9.23. The summed E-state index contributed by atoms with van der Waals surface area (Å²) in [6, 6.07) is 4.96. The molecule has 0 unspecified atom stereocenters. The molecule has 0 fully saturated rings. The summed E-state index contributed by atoms with van der Waals surface area (Å²) in [5.41, 5.74) is 0.465. The summed E-state index contributed by atoms with van der Waals surface area (Å²) in [7, 11) is 0. The molecule has 14 heavy (non-hydrogen) atoms. The third kappa shape index (κ3) is 2.06. The van der Waals surface area contributed by atoms with Gasteiger partial charge in [0.2, 0.25) is 0 Å². The standard InChI is InChI=1S/C10H11FO.C2H6/c1-10(2)6-7-8(11)4-3-5-9(7)12-10;1-2/h3-5H,6H2,1-2H3;1-2H3. The summed E-state index contributed by atoms with van der Waals surface area (Å²) in [5, 5.41) is 0. The van der Waals surface area contributed by atoms with E-state index in [2.05, 4.69) is 0 Å². The molecule has 0 spiro atoms. The molecule has 0 amide bonds. The van der Waals surface area contributed by atoms with Gasteiger partial charge in [-0.15, -0.1) is 0 Å². The summed E-state index contributed by atoms with van der Waals surface area (Å²) in [6.45, 7) is 7.93. The Bertz CT molecular complexity index is 318. The predicted molar refractivity (Wildman–Crippen MR) is 56.2 cm³/mol. The van der Waals surface area contributed by atoms with E-state index in [9.17, 15) is 4.39 Å². The molecule has 0 saturated carbocycles. The van der Waals surface area contributed by atoms with Crippen LogP contribution in [-0.4, -0.2) is 5.60 Å². The van der Waals surface area contributed by atoms with E-state index in [4.69, 9.17) is 4.74 Å². The van der Waals surface area contributed by atoms with Crippen molar-refractivity contribution < 1.29 is 9.13 Å². The van der Waals surface area contributed by atoms with Gasteiger partial charge in [-0.05, 0) is 26.0 Å². The van der Waals surface area contributed by atoms with Crippen LogP contribution in [0.2, 0.25) is 0 Å². The van der Waals surface area contributed by atoms with Gasteiger partial charge in [-0.3, -0.25) is 0 Å². The first-order valence-electron chi connectivity index (χ1n) is 5.05. The number of hydrogen-bond donors (Lipinski definition) is 0. The molecule has 2 rings (SSSR count). The lowest BCUT2D eigenvalue weighted by Gasteiger charge is -2.16.